The number of methoxy groups -OCH3 is 1. The van der Waals surface area contributed by atoms with Crippen molar-refractivity contribution in [3.05, 3.63) is 29.0 Å². The van der Waals surface area contributed by atoms with Crippen molar-refractivity contribution in [3.8, 4) is 5.75 Å². The van der Waals surface area contributed by atoms with E-state index in [1.807, 2.05) is 6.92 Å². The molecule has 1 aromatic rings. The topological polar surface area (TPSA) is 30.5 Å². The first kappa shape index (κ1) is 15.2. The zero-order valence-electron chi connectivity index (χ0n) is 10.7. The second kappa shape index (κ2) is 8.29. The van der Waals surface area contributed by atoms with Crippen LogP contribution >= 0.6 is 11.6 Å². The van der Waals surface area contributed by atoms with E-state index in [2.05, 4.69) is 5.32 Å². The summed E-state index contributed by atoms with van der Waals surface area (Å²) in [5, 5.41) is 3.29. The van der Waals surface area contributed by atoms with Gasteiger partial charge in [0.2, 0.25) is 0 Å². The Bertz CT molecular complexity index is 363. The molecule has 0 bridgehead atoms. The molecule has 1 atom stereocenters. The Balaban J connectivity index is 2.31. The van der Waals surface area contributed by atoms with Gasteiger partial charge in [-0.05, 0) is 32.0 Å². The molecular weight excluding hydrogens is 257 g/mol. The second-order valence-electron chi connectivity index (χ2n) is 4.03. The smallest absolute Gasteiger partial charge is 0.183 e. The summed E-state index contributed by atoms with van der Waals surface area (Å²) in [6, 6.07) is 4.74. The number of rotatable bonds is 8. The Morgan fingerprint density at radius 2 is 2.22 bits per heavy atom. The normalized spacial score (nSPS) is 12.4. The van der Waals surface area contributed by atoms with Gasteiger partial charge in [0.15, 0.2) is 11.6 Å². The van der Waals surface area contributed by atoms with Crippen LogP contribution in [0.4, 0.5) is 4.39 Å². The van der Waals surface area contributed by atoms with E-state index in [0.29, 0.717) is 6.54 Å². The summed E-state index contributed by atoms with van der Waals surface area (Å²) < 4.78 is 24.0. The van der Waals surface area contributed by atoms with E-state index in [0.717, 1.165) is 19.6 Å². The average Bonchev–Trinajstić information content (AvgIpc) is 2.35. The van der Waals surface area contributed by atoms with Crippen molar-refractivity contribution in [1.82, 2.24) is 5.32 Å². The predicted octanol–water partition coefficient (Wildman–Crippen LogP) is 2.87. The highest BCUT2D eigenvalue weighted by Gasteiger charge is 2.10. The highest BCUT2D eigenvalue weighted by atomic mass is 35.5. The molecule has 1 N–H and O–H groups in total. The molecule has 0 aliphatic heterocycles. The van der Waals surface area contributed by atoms with Gasteiger partial charge in [0, 0.05) is 20.3 Å². The minimum atomic E-state index is -0.509. The Morgan fingerprint density at radius 1 is 1.44 bits per heavy atom. The maximum absolute atomic E-state index is 13.6. The van der Waals surface area contributed by atoms with Crippen LogP contribution < -0.4 is 10.1 Å². The zero-order valence-corrected chi connectivity index (χ0v) is 11.5. The standard InChI is InChI=1S/C13H19ClFNO2/c1-10(9-16-7-4-8-17-2)18-12-6-3-5-11(14)13(12)15/h3,5-6,10,16H,4,7-9H2,1-2H3. The van der Waals surface area contributed by atoms with Crippen molar-refractivity contribution in [1.29, 1.82) is 0 Å². The van der Waals surface area contributed by atoms with E-state index >= 15 is 0 Å². The molecule has 18 heavy (non-hydrogen) atoms. The molecule has 0 amide bonds. The molecule has 3 nitrogen and oxygen atoms in total. The third-order valence-electron chi connectivity index (χ3n) is 2.38. The fourth-order valence-corrected chi connectivity index (χ4v) is 1.65. The Kier molecular flexibility index (Phi) is 7.01. The maximum Gasteiger partial charge on any atom is 0.183 e. The van der Waals surface area contributed by atoms with Crippen LogP contribution in [0.25, 0.3) is 0 Å². The summed E-state index contributed by atoms with van der Waals surface area (Å²) in [5.41, 5.74) is 0. The SMILES string of the molecule is COCCCNCC(C)Oc1cccc(Cl)c1F. The molecule has 0 aliphatic carbocycles. The number of benzene rings is 1. The van der Waals surface area contributed by atoms with Crippen LogP contribution in [0.1, 0.15) is 13.3 Å². The van der Waals surface area contributed by atoms with Gasteiger partial charge in [-0.25, -0.2) is 4.39 Å². The van der Waals surface area contributed by atoms with Crippen molar-refractivity contribution in [3.63, 3.8) is 0 Å². The lowest BCUT2D eigenvalue weighted by atomic mass is 10.3. The summed E-state index contributed by atoms with van der Waals surface area (Å²) in [6.07, 6.45) is 0.815. The lowest BCUT2D eigenvalue weighted by molar-refractivity contribution is 0.186. The molecule has 1 aromatic carbocycles. The van der Waals surface area contributed by atoms with Gasteiger partial charge in [-0.3, -0.25) is 0 Å². The molecular formula is C13H19ClFNO2. The summed E-state index contributed by atoms with van der Waals surface area (Å²) in [5.74, 6) is -0.320. The molecule has 0 fully saturated rings. The average molecular weight is 276 g/mol. The zero-order chi connectivity index (χ0) is 13.4. The molecule has 0 heterocycles. The van der Waals surface area contributed by atoms with Gasteiger partial charge >= 0.3 is 0 Å². The Labute approximate surface area is 112 Å². The van der Waals surface area contributed by atoms with Gasteiger partial charge in [-0.1, -0.05) is 17.7 Å². The monoisotopic (exact) mass is 275 g/mol. The van der Waals surface area contributed by atoms with E-state index in [9.17, 15) is 4.39 Å². The largest absolute Gasteiger partial charge is 0.486 e. The predicted molar refractivity (Wildman–Crippen MR) is 70.9 cm³/mol. The van der Waals surface area contributed by atoms with Crippen molar-refractivity contribution >= 4 is 11.6 Å². The summed E-state index contributed by atoms with van der Waals surface area (Å²) in [6.45, 7) is 4.10. The molecule has 0 saturated heterocycles. The van der Waals surface area contributed by atoms with Gasteiger partial charge < -0.3 is 14.8 Å². The van der Waals surface area contributed by atoms with E-state index in [4.69, 9.17) is 21.1 Å². The van der Waals surface area contributed by atoms with Crippen molar-refractivity contribution in [2.45, 2.75) is 19.4 Å². The van der Waals surface area contributed by atoms with Gasteiger partial charge in [-0.2, -0.15) is 0 Å². The van der Waals surface area contributed by atoms with E-state index in [-0.39, 0.29) is 16.9 Å². The van der Waals surface area contributed by atoms with Gasteiger partial charge in [0.05, 0.1) is 5.02 Å². The minimum Gasteiger partial charge on any atom is -0.486 e. The first-order valence-corrected chi connectivity index (χ1v) is 6.33. The van der Waals surface area contributed by atoms with Crippen LogP contribution in [-0.2, 0) is 4.74 Å². The third-order valence-corrected chi connectivity index (χ3v) is 2.67. The molecule has 0 saturated carbocycles. The third kappa shape index (κ3) is 5.21. The van der Waals surface area contributed by atoms with Gasteiger partial charge in [-0.15, -0.1) is 0 Å². The molecule has 0 aromatic heterocycles. The Hall–Kier alpha value is -0.840. The highest BCUT2D eigenvalue weighted by Crippen LogP contribution is 2.24. The van der Waals surface area contributed by atoms with Crippen LogP contribution in [0.2, 0.25) is 5.02 Å². The second-order valence-corrected chi connectivity index (χ2v) is 4.44. The molecule has 0 spiro atoms. The Morgan fingerprint density at radius 3 is 2.94 bits per heavy atom. The summed E-state index contributed by atoms with van der Waals surface area (Å²) >= 11 is 5.67. The molecule has 5 heteroatoms. The summed E-state index contributed by atoms with van der Waals surface area (Å²) in [4.78, 5) is 0. The number of hydrogen-bond donors (Lipinski definition) is 1. The quantitative estimate of drug-likeness (QED) is 0.740. The van der Waals surface area contributed by atoms with Crippen LogP contribution in [0.15, 0.2) is 18.2 Å². The number of nitrogens with one attached hydrogen (secondary N) is 1. The van der Waals surface area contributed by atoms with Crippen LogP contribution in [0.3, 0.4) is 0 Å². The number of hydrogen-bond acceptors (Lipinski definition) is 3. The highest BCUT2D eigenvalue weighted by molar-refractivity contribution is 6.30. The first-order valence-electron chi connectivity index (χ1n) is 5.95. The first-order chi connectivity index (χ1) is 8.65. The van der Waals surface area contributed by atoms with Crippen LogP contribution in [-0.4, -0.2) is 32.9 Å². The van der Waals surface area contributed by atoms with Crippen LogP contribution in [0, 0.1) is 5.82 Å². The van der Waals surface area contributed by atoms with E-state index in [1.54, 1.807) is 19.2 Å². The van der Waals surface area contributed by atoms with Crippen molar-refractivity contribution in [2.75, 3.05) is 26.8 Å². The minimum absolute atomic E-state index is 0.0766. The van der Waals surface area contributed by atoms with Crippen molar-refractivity contribution in [2.24, 2.45) is 0 Å². The molecule has 1 rings (SSSR count). The van der Waals surface area contributed by atoms with Gasteiger partial charge in [0.1, 0.15) is 6.10 Å². The lowest BCUT2D eigenvalue weighted by Crippen LogP contribution is -2.30. The van der Waals surface area contributed by atoms with E-state index < -0.39 is 5.82 Å². The number of halogens is 2. The maximum atomic E-state index is 13.6. The molecule has 1 unspecified atom stereocenters. The fourth-order valence-electron chi connectivity index (χ4n) is 1.48. The molecule has 0 aliphatic rings. The van der Waals surface area contributed by atoms with Gasteiger partial charge in [0.25, 0.3) is 0 Å². The lowest BCUT2D eigenvalue weighted by Gasteiger charge is -2.16. The summed E-state index contributed by atoms with van der Waals surface area (Å²) in [7, 11) is 1.67. The molecule has 102 valence electrons. The number of ether oxygens (including phenoxy) is 2. The van der Waals surface area contributed by atoms with E-state index in [1.165, 1.54) is 6.07 Å². The fraction of sp³-hybridized carbons (Fsp3) is 0.538. The molecule has 0 radical (unpaired) electrons. The van der Waals surface area contributed by atoms with Crippen LogP contribution in [0.5, 0.6) is 5.75 Å². The van der Waals surface area contributed by atoms with Crippen molar-refractivity contribution < 1.29 is 13.9 Å².